The first-order chi connectivity index (χ1) is 9.88. The summed E-state index contributed by atoms with van der Waals surface area (Å²) in [5, 5.41) is 4.05. The minimum Gasteiger partial charge on any atom is -0.368 e. The molecule has 2 unspecified atom stereocenters. The van der Waals surface area contributed by atoms with E-state index in [1.165, 1.54) is 0 Å². The van der Waals surface area contributed by atoms with Crippen LogP contribution in [0.25, 0.3) is 0 Å². The Hall–Kier alpha value is -1.37. The van der Waals surface area contributed by atoms with Crippen molar-refractivity contribution in [2.45, 2.75) is 12.0 Å². The first-order valence-electron chi connectivity index (χ1n) is 6.66. The van der Waals surface area contributed by atoms with Gasteiger partial charge in [0.25, 0.3) is 0 Å². The number of hydrogen-bond acceptors (Lipinski definition) is 6. The largest absolute Gasteiger partial charge is 0.368 e. The predicted octanol–water partition coefficient (Wildman–Crippen LogP) is 1.96. The number of hydrogen-bond donors (Lipinski definition) is 1. The highest BCUT2D eigenvalue weighted by Gasteiger charge is 2.25. The third-order valence-electron chi connectivity index (χ3n) is 3.30. The number of ether oxygens (including phenoxy) is 1. The smallest absolute Gasteiger partial charge is 0.235 e. The van der Waals surface area contributed by atoms with Gasteiger partial charge in [-0.2, -0.15) is 16.7 Å². The molecule has 3 rings (SSSR count). The van der Waals surface area contributed by atoms with Gasteiger partial charge < -0.3 is 15.0 Å². The molecule has 1 fully saturated rings. The lowest BCUT2D eigenvalue weighted by Gasteiger charge is -2.18. The molecule has 20 heavy (non-hydrogen) atoms. The zero-order chi connectivity index (χ0) is 13.8. The minimum absolute atomic E-state index is 0.0614. The van der Waals surface area contributed by atoms with E-state index >= 15 is 0 Å². The van der Waals surface area contributed by atoms with Crippen LogP contribution in [0.1, 0.15) is 29.3 Å². The van der Waals surface area contributed by atoms with Crippen LogP contribution in [0.15, 0.2) is 34.9 Å². The lowest BCUT2D eigenvalue weighted by atomic mass is 9.99. The third kappa shape index (κ3) is 2.87. The van der Waals surface area contributed by atoms with Gasteiger partial charge in [0.1, 0.15) is 6.10 Å². The van der Waals surface area contributed by atoms with Crippen molar-refractivity contribution >= 4 is 11.8 Å². The van der Waals surface area contributed by atoms with Crippen LogP contribution in [0.5, 0.6) is 0 Å². The Labute approximate surface area is 121 Å². The summed E-state index contributed by atoms with van der Waals surface area (Å²) in [4.78, 5) is 4.49. The standard InChI is InChI=1S/C14H17N3O2S/c15-8-11(10-4-2-1-3-5-10)14-16-13(17-19-14)12-9-20-7-6-18-12/h1-5,11-12H,6-9,15H2. The zero-order valence-electron chi connectivity index (χ0n) is 11.1. The molecule has 2 heterocycles. The van der Waals surface area contributed by atoms with Gasteiger partial charge in [0.2, 0.25) is 11.7 Å². The second kappa shape index (κ2) is 6.39. The van der Waals surface area contributed by atoms with Crippen LogP contribution in [0, 0.1) is 0 Å². The maximum Gasteiger partial charge on any atom is 0.235 e. The summed E-state index contributed by atoms with van der Waals surface area (Å²) in [6.45, 7) is 1.17. The van der Waals surface area contributed by atoms with E-state index in [-0.39, 0.29) is 12.0 Å². The summed E-state index contributed by atoms with van der Waals surface area (Å²) in [7, 11) is 0. The number of nitrogens with two attached hydrogens (primary N) is 1. The molecule has 0 bridgehead atoms. The third-order valence-corrected chi connectivity index (χ3v) is 4.29. The van der Waals surface area contributed by atoms with Gasteiger partial charge in [0, 0.05) is 18.1 Å². The minimum atomic E-state index is -0.0690. The average Bonchev–Trinajstić information content (AvgIpc) is 3.00. The van der Waals surface area contributed by atoms with E-state index in [4.69, 9.17) is 15.0 Å². The molecule has 1 aromatic heterocycles. The zero-order valence-corrected chi connectivity index (χ0v) is 11.9. The van der Waals surface area contributed by atoms with Crippen LogP contribution in [0.2, 0.25) is 0 Å². The molecule has 1 aromatic carbocycles. The summed E-state index contributed by atoms with van der Waals surface area (Å²) in [5.74, 6) is 3.02. The fourth-order valence-electron chi connectivity index (χ4n) is 2.22. The molecule has 1 saturated heterocycles. The molecule has 0 spiro atoms. The maximum absolute atomic E-state index is 5.86. The van der Waals surface area contributed by atoms with Crippen molar-refractivity contribution in [3.8, 4) is 0 Å². The van der Waals surface area contributed by atoms with Crippen molar-refractivity contribution in [2.24, 2.45) is 5.73 Å². The molecule has 2 atom stereocenters. The fraction of sp³-hybridized carbons (Fsp3) is 0.429. The summed E-state index contributed by atoms with van der Waals surface area (Å²) in [6, 6.07) is 9.98. The van der Waals surface area contributed by atoms with Crippen molar-refractivity contribution in [1.29, 1.82) is 0 Å². The van der Waals surface area contributed by atoms with Gasteiger partial charge in [-0.15, -0.1) is 0 Å². The number of aromatic nitrogens is 2. The molecule has 1 aliphatic heterocycles. The number of nitrogens with zero attached hydrogens (tertiary/aromatic N) is 2. The van der Waals surface area contributed by atoms with Crippen LogP contribution in [0.4, 0.5) is 0 Å². The molecule has 106 valence electrons. The molecular formula is C14H17N3O2S. The maximum atomic E-state index is 5.86. The monoisotopic (exact) mass is 291 g/mol. The van der Waals surface area contributed by atoms with E-state index in [0.717, 1.165) is 23.7 Å². The Morgan fingerprint density at radius 3 is 2.90 bits per heavy atom. The first kappa shape index (κ1) is 13.6. The Morgan fingerprint density at radius 1 is 1.35 bits per heavy atom. The summed E-state index contributed by atoms with van der Waals surface area (Å²) >= 11 is 1.85. The lowest BCUT2D eigenvalue weighted by Crippen LogP contribution is -2.17. The van der Waals surface area contributed by atoms with Gasteiger partial charge in [-0.1, -0.05) is 35.5 Å². The van der Waals surface area contributed by atoms with Crippen molar-refractivity contribution in [3.63, 3.8) is 0 Å². The Bertz CT molecular complexity index is 540. The molecule has 2 N–H and O–H groups in total. The topological polar surface area (TPSA) is 74.2 Å². The van der Waals surface area contributed by atoms with Crippen molar-refractivity contribution in [1.82, 2.24) is 10.1 Å². The summed E-state index contributed by atoms with van der Waals surface area (Å²) < 4.78 is 11.1. The molecule has 0 aliphatic carbocycles. The van der Waals surface area contributed by atoms with Crippen LogP contribution in [-0.2, 0) is 4.74 Å². The van der Waals surface area contributed by atoms with E-state index < -0.39 is 0 Å². The highest BCUT2D eigenvalue weighted by molar-refractivity contribution is 7.99. The van der Waals surface area contributed by atoms with Gasteiger partial charge in [-0.05, 0) is 5.56 Å². The predicted molar refractivity (Wildman–Crippen MR) is 77.7 cm³/mol. The summed E-state index contributed by atoms with van der Waals surface area (Å²) in [6.07, 6.45) is -0.0690. The Balaban J connectivity index is 1.81. The average molecular weight is 291 g/mol. The fourth-order valence-corrected chi connectivity index (χ4v) is 3.06. The van der Waals surface area contributed by atoms with Crippen molar-refractivity contribution < 1.29 is 9.26 Å². The van der Waals surface area contributed by atoms with Gasteiger partial charge in [-0.25, -0.2) is 0 Å². The molecule has 0 saturated carbocycles. The highest BCUT2D eigenvalue weighted by Crippen LogP contribution is 2.27. The molecule has 2 aromatic rings. The SMILES string of the molecule is NCC(c1ccccc1)c1nc(C2CSCCO2)no1. The van der Waals surface area contributed by atoms with E-state index in [1.807, 2.05) is 42.1 Å². The molecular weight excluding hydrogens is 274 g/mol. The lowest BCUT2D eigenvalue weighted by molar-refractivity contribution is 0.0677. The molecule has 5 nitrogen and oxygen atoms in total. The van der Waals surface area contributed by atoms with Crippen LogP contribution in [0.3, 0.4) is 0 Å². The van der Waals surface area contributed by atoms with Crippen molar-refractivity contribution in [3.05, 3.63) is 47.6 Å². The van der Waals surface area contributed by atoms with Gasteiger partial charge >= 0.3 is 0 Å². The normalized spacial score (nSPS) is 20.8. The Morgan fingerprint density at radius 2 is 2.20 bits per heavy atom. The molecule has 6 heteroatoms. The number of thioether (sulfide) groups is 1. The molecule has 0 amide bonds. The van der Waals surface area contributed by atoms with E-state index in [1.54, 1.807) is 0 Å². The molecule has 1 aliphatic rings. The summed E-state index contributed by atoms with van der Waals surface area (Å²) in [5.41, 5.74) is 6.95. The van der Waals surface area contributed by atoms with Crippen molar-refractivity contribution in [2.75, 3.05) is 24.7 Å². The second-order valence-electron chi connectivity index (χ2n) is 4.62. The second-order valence-corrected chi connectivity index (χ2v) is 5.77. The van der Waals surface area contributed by atoms with E-state index in [0.29, 0.717) is 18.3 Å². The highest BCUT2D eigenvalue weighted by atomic mass is 32.2. The Kier molecular flexibility index (Phi) is 4.34. The molecule has 0 radical (unpaired) electrons. The van der Waals surface area contributed by atoms with Gasteiger partial charge in [0.05, 0.1) is 12.5 Å². The first-order valence-corrected chi connectivity index (χ1v) is 7.82. The van der Waals surface area contributed by atoms with Crippen LogP contribution in [-0.4, -0.2) is 34.8 Å². The van der Waals surface area contributed by atoms with Gasteiger partial charge in [-0.3, -0.25) is 0 Å². The van der Waals surface area contributed by atoms with Crippen LogP contribution >= 0.6 is 11.8 Å². The van der Waals surface area contributed by atoms with Crippen LogP contribution < -0.4 is 5.73 Å². The quantitative estimate of drug-likeness (QED) is 0.928. The number of benzene rings is 1. The number of rotatable bonds is 4. The van der Waals surface area contributed by atoms with Gasteiger partial charge in [0.15, 0.2) is 0 Å². The van der Waals surface area contributed by atoms with E-state index in [2.05, 4.69) is 10.1 Å². The van der Waals surface area contributed by atoms with E-state index in [9.17, 15) is 0 Å².